The molecule has 0 spiro atoms. The van der Waals surface area contributed by atoms with Crippen LogP contribution < -0.4 is 31.6 Å². The highest BCUT2D eigenvalue weighted by atomic mass is 127. The normalized spacial score (nSPS) is 12.0. The summed E-state index contributed by atoms with van der Waals surface area (Å²) in [6.45, 7) is 35.7. The van der Waals surface area contributed by atoms with E-state index in [0.717, 1.165) is 22.1 Å². The third-order valence-corrected chi connectivity index (χ3v) is 15.4. The van der Waals surface area contributed by atoms with Gasteiger partial charge in [-0.1, -0.05) is 150 Å². The van der Waals surface area contributed by atoms with E-state index in [1.165, 1.54) is 25.1 Å². The van der Waals surface area contributed by atoms with E-state index in [-0.39, 0.29) is 21.7 Å². The number of nitrogens with one attached hydrogen (secondary N) is 4. The van der Waals surface area contributed by atoms with Gasteiger partial charge < -0.3 is 21.3 Å². The minimum atomic E-state index is -2.25. The van der Waals surface area contributed by atoms with Crippen molar-refractivity contribution in [3.8, 4) is 11.5 Å². The Balaban J connectivity index is 0.000000430. The predicted octanol–water partition coefficient (Wildman–Crippen LogP) is 12.3. The Hall–Kier alpha value is -1.56. The number of rotatable bonds is 8. The van der Waals surface area contributed by atoms with Crippen molar-refractivity contribution in [2.75, 3.05) is 11.1 Å². The molecule has 8 heteroatoms. The third kappa shape index (κ3) is 24.0. The van der Waals surface area contributed by atoms with E-state index in [9.17, 15) is 0 Å². The van der Waals surface area contributed by atoms with Gasteiger partial charge in [0.2, 0.25) is 8.07 Å². The molecule has 58 heavy (non-hydrogen) atoms. The Labute approximate surface area is 392 Å². The molecule has 0 saturated heterocycles. The zero-order chi connectivity index (χ0) is 44.3. The minimum absolute atomic E-state index is 0.0835. The van der Waals surface area contributed by atoms with Crippen LogP contribution in [0.25, 0.3) is 0 Å². The number of hydrogen-bond donors (Lipinski definition) is 4. The van der Waals surface area contributed by atoms with Crippen LogP contribution in [0.1, 0.15) is 115 Å². The summed E-state index contributed by atoms with van der Waals surface area (Å²) in [7, 11) is -2.25. The van der Waals surface area contributed by atoms with Crippen LogP contribution in [-0.4, -0.2) is 41.3 Å². The fourth-order valence-electron chi connectivity index (χ4n) is 5.37. The summed E-state index contributed by atoms with van der Waals surface area (Å²) in [5, 5.41) is 16.5. The molecule has 320 valence electrons. The molecule has 4 nitrogen and oxygen atoms in total. The fraction of sp³-hybridized carbons (Fsp3) is 0.480. The molecule has 4 aromatic carbocycles. The van der Waals surface area contributed by atoms with Crippen LogP contribution in [0, 0.1) is 15.0 Å². The second kappa shape index (κ2) is 25.4. The first-order chi connectivity index (χ1) is 26.7. The van der Waals surface area contributed by atoms with E-state index in [1.54, 1.807) is 0 Å². The van der Waals surface area contributed by atoms with Crippen LogP contribution in [0.2, 0.25) is 5.04 Å². The first-order valence-corrected chi connectivity index (χ1v) is 25.7. The quantitative estimate of drug-likeness (QED) is 0.0467. The maximum Gasteiger partial charge on any atom is 0.204 e. The molecule has 0 bridgehead atoms. The molecule has 0 radical (unpaired) electrons. The maximum atomic E-state index is 3.80. The van der Waals surface area contributed by atoms with Crippen molar-refractivity contribution in [2.24, 2.45) is 0 Å². The van der Waals surface area contributed by atoms with Gasteiger partial charge in [-0.25, -0.2) is 0 Å². The van der Waals surface area contributed by atoms with Crippen molar-refractivity contribution in [2.45, 2.75) is 144 Å². The Morgan fingerprint density at radius 3 is 1.17 bits per heavy atom. The lowest BCUT2D eigenvalue weighted by Crippen LogP contribution is -2.63. The number of benzene rings is 4. The average Bonchev–Trinajstić information content (AvgIpc) is 3.11. The first kappa shape index (κ1) is 54.5. The molecule has 0 atom stereocenters. The monoisotopic (exact) mass is 1090 g/mol. The summed E-state index contributed by atoms with van der Waals surface area (Å²) >= 11 is 8.04. The van der Waals surface area contributed by atoms with Gasteiger partial charge >= 0.3 is 0 Å². The van der Waals surface area contributed by atoms with Crippen LogP contribution in [0.3, 0.4) is 0 Å². The Bertz CT molecular complexity index is 1650. The van der Waals surface area contributed by atoms with Crippen molar-refractivity contribution in [3.05, 3.63) is 128 Å². The lowest BCUT2D eigenvalue weighted by molar-refractivity contribution is 0.424. The molecule has 0 unspecified atom stereocenters. The maximum absolute atomic E-state index is 3.80. The zero-order valence-electron chi connectivity index (χ0n) is 38.4. The predicted molar refractivity (Wildman–Crippen MR) is 281 cm³/mol. The van der Waals surface area contributed by atoms with Gasteiger partial charge in [0.05, 0.1) is 6.54 Å². The van der Waals surface area contributed by atoms with Crippen LogP contribution >= 0.6 is 61.1 Å². The molecule has 4 rings (SSSR count). The molecule has 0 aliphatic rings. The molecule has 0 saturated carbocycles. The van der Waals surface area contributed by atoms with Crippen molar-refractivity contribution in [1.29, 1.82) is 0 Å². The topological polar surface area (TPSA) is 48.1 Å². The summed E-state index contributed by atoms with van der Waals surface area (Å²) in [5.41, 5.74) is 7.23. The Morgan fingerprint density at radius 2 is 0.862 bits per heavy atom. The van der Waals surface area contributed by atoms with E-state index in [0.29, 0.717) is 12.1 Å². The van der Waals surface area contributed by atoms with Crippen molar-refractivity contribution in [3.63, 3.8) is 0 Å². The van der Waals surface area contributed by atoms with Crippen LogP contribution in [0.5, 0.6) is 0 Å². The first-order valence-electron chi connectivity index (χ1n) is 20.3. The van der Waals surface area contributed by atoms with Gasteiger partial charge in [0, 0.05) is 47.8 Å². The average molecular weight is 1090 g/mol. The van der Waals surface area contributed by atoms with Crippen molar-refractivity contribution >= 4 is 79.6 Å². The molecular formula is C50H75BrI2N4Si. The molecule has 0 aromatic heterocycles. The van der Waals surface area contributed by atoms with Gasteiger partial charge in [-0.15, -0.1) is 5.54 Å². The highest BCUT2D eigenvalue weighted by Gasteiger charge is 2.46. The number of alkyl halides is 1. The zero-order valence-corrected chi connectivity index (χ0v) is 45.3. The van der Waals surface area contributed by atoms with Gasteiger partial charge in [-0.05, 0) is 156 Å². The van der Waals surface area contributed by atoms with Gasteiger partial charge in [0.15, 0.2) is 0 Å². The van der Waals surface area contributed by atoms with E-state index < -0.39 is 8.07 Å². The standard InChI is InChI=1S/C23H31NSi.C11H16BrN.C11H16IN.C5H12IN/c1-22(2,3)24-18-13-19-25(23(4,5)6,20-14-9-7-10-15-20)21-16-11-8-12-17-21;2*1-11(2,3)13-8-9-4-6-10(12)7-5-9;1-5(2,3)7-4-6/h7-12,14-17,24H,18H2,1-6H3;2*4-7,13H,8H2,1-3H3;7H,4H2,1-3H3. The highest BCUT2D eigenvalue weighted by Crippen LogP contribution is 2.35. The summed E-state index contributed by atoms with van der Waals surface area (Å²) in [6, 6.07) is 38.8. The van der Waals surface area contributed by atoms with Gasteiger partial charge in [0.25, 0.3) is 0 Å². The summed E-state index contributed by atoms with van der Waals surface area (Å²) in [5.74, 6) is 3.49. The number of halogens is 3. The van der Waals surface area contributed by atoms with Crippen molar-refractivity contribution < 1.29 is 0 Å². The fourth-order valence-corrected chi connectivity index (χ4v) is 11.6. The third-order valence-electron chi connectivity index (χ3n) is 8.59. The lowest BCUT2D eigenvalue weighted by Gasteiger charge is -2.39. The Kier molecular flexibility index (Phi) is 23.8. The molecular weight excluding hydrogens is 1020 g/mol. The summed E-state index contributed by atoms with van der Waals surface area (Å²) in [6.07, 6.45) is 0. The van der Waals surface area contributed by atoms with Crippen LogP contribution in [0.4, 0.5) is 0 Å². The van der Waals surface area contributed by atoms with Gasteiger partial charge in [0.1, 0.15) is 0 Å². The van der Waals surface area contributed by atoms with Gasteiger partial charge in [-0.3, -0.25) is 0 Å². The van der Waals surface area contributed by atoms with E-state index >= 15 is 0 Å². The number of hydrogen-bond acceptors (Lipinski definition) is 4. The second-order valence-electron chi connectivity index (χ2n) is 19.7. The SMILES string of the molecule is CC(C)(C)NCC#C[Si](c1ccccc1)(c1ccccc1)C(C)(C)C.CC(C)(C)NCI.CC(C)(C)NCc1ccc(Br)cc1.CC(C)(C)NCc1ccc(I)cc1. The second-order valence-corrected chi connectivity index (χ2v) is 27.0. The molecule has 0 aliphatic carbocycles. The Morgan fingerprint density at radius 1 is 0.500 bits per heavy atom. The van der Waals surface area contributed by atoms with Gasteiger partial charge in [-0.2, -0.15) is 0 Å². The lowest BCUT2D eigenvalue weighted by atomic mass is 10.1. The summed E-state index contributed by atoms with van der Waals surface area (Å²) in [4.78, 5) is 0. The van der Waals surface area contributed by atoms with E-state index in [2.05, 4.69) is 307 Å². The molecule has 4 N–H and O–H groups in total. The molecule has 0 aliphatic heterocycles. The van der Waals surface area contributed by atoms with Crippen molar-refractivity contribution in [1.82, 2.24) is 21.3 Å². The highest BCUT2D eigenvalue weighted by molar-refractivity contribution is 14.1. The molecule has 4 aromatic rings. The minimum Gasteiger partial charge on any atom is -0.308 e. The molecule has 0 fully saturated rings. The van der Waals surface area contributed by atoms with Crippen LogP contribution in [0.15, 0.2) is 114 Å². The molecule has 0 amide bonds. The largest absolute Gasteiger partial charge is 0.308 e. The van der Waals surface area contributed by atoms with E-state index in [4.69, 9.17) is 0 Å². The van der Waals surface area contributed by atoms with Crippen LogP contribution in [-0.2, 0) is 13.1 Å². The van der Waals surface area contributed by atoms with E-state index in [1.807, 2.05) is 0 Å². The smallest absolute Gasteiger partial charge is 0.204 e. The molecule has 0 heterocycles. The summed E-state index contributed by atoms with van der Waals surface area (Å²) < 4.78 is 3.45.